The summed E-state index contributed by atoms with van der Waals surface area (Å²) in [5.74, 6) is 1.19. The van der Waals surface area contributed by atoms with E-state index in [1.807, 2.05) is 0 Å². The van der Waals surface area contributed by atoms with Crippen LogP contribution < -0.4 is 10.2 Å². The smallest absolute Gasteiger partial charge is 0.0642 e. The lowest BCUT2D eigenvalue weighted by Gasteiger charge is -2.34. The number of benzene rings is 1. The molecule has 1 aromatic carbocycles. The SMILES string of the molecule is CCC1CN(c2ccc(CNCCOC)cc2Cl)CCS1. The van der Waals surface area contributed by atoms with E-state index in [-0.39, 0.29) is 0 Å². The summed E-state index contributed by atoms with van der Waals surface area (Å²) in [4.78, 5) is 2.43. The van der Waals surface area contributed by atoms with E-state index in [2.05, 4.69) is 47.1 Å². The van der Waals surface area contributed by atoms with Crippen LogP contribution in [0.3, 0.4) is 0 Å². The second-order valence-electron chi connectivity index (χ2n) is 5.30. The molecular formula is C16H25ClN2OS. The van der Waals surface area contributed by atoms with Crippen LogP contribution in [0, 0.1) is 0 Å². The lowest BCUT2D eigenvalue weighted by Crippen LogP contribution is -2.37. The van der Waals surface area contributed by atoms with E-state index in [4.69, 9.17) is 16.3 Å². The standard InChI is InChI=1S/C16H25ClN2OS/c1-3-14-12-19(7-9-21-14)16-5-4-13(10-15(16)17)11-18-6-8-20-2/h4-5,10,14,18H,3,6-9,11-12H2,1-2H3. The quantitative estimate of drug-likeness (QED) is 0.775. The fraction of sp³-hybridized carbons (Fsp3) is 0.625. The van der Waals surface area contributed by atoms with E-state index in [1.165, 1.54) is 23.4 Å². The Balaban J connectivity index is 1.95. The minimum absolute atomic E-state index is 0.727. The van der Waals surface area contributed by atoms with Crippen molar-refractivity contribution in [2.24, 2.45) is 0 Å². The zero-order chi connectivity index (χ0) is 15.1. The number of hydrogen-bond acceptors (Lipinski definition) is 4. The molecule has 5 heteroatoms. The molecule has 1 fully saturated rings. The monoisotopic (exact) mass is 328 g/mol. The summed E-state index contributed by atoms with van der Waals surface area (Å²) >= 11 is 8.57. The predicted molar refractivity (Wildman–Crippen MR) is 93.8 cm³/mol. The number of halogens is 1. The summed E-state index contributed by atoms with van der Waals surface area (Å²) in [6.07, 6.45) is 1.22. The fourth-order valence-corrected chi connectivity index (χ4v) is 4.01. The molecule has 0 aromatic heterocycles. The van der Waals surface area contributed by atoms with Crippen LogP contribution in [0.4, 0.5) is 5.69 Å². The Morgan fingerprint density at radius 2 is 2.33 bits per heavy atom. The molecule has 2 rings (SSSR count). The van der Waals surface area contributed by atoms with Gasteiger partial charge in [-0.2, -0.15) is 11.8 Å². The van der Waals surface area contributed by atoms with Gasteiger partial charge in [0, 0.05) is 44.3 Å². The van der Waals surface area contributed by atoms with Crippen molar-refractivity contribution in [2.45, 2.75) is 25.1 Å². The largest absolute Gasteiger partial charge is 0.383 e. The maximum absolute atomic E-state index is 6.49. The van der Waals surface area contributed by atoms with Crippen molar-refractivity contribution in [1.29, 1.82) is 0 Å². The zero-order valence-corrected chi connectivity index (χ0v) is 14.5. The molecular weight excluding hydrogens is 304 g/mol. The third kappa shape index (κ3) is 5.06. The third-order valence-electron chi connectivity index (χ3n) is 3.76. The Bertz CT molecular complexity index is 444. The van der Waals surface area contributed by atoms with Crippen LogP contribution in [0.2, 0.25) is 5.02 Å². The van der Waals surface area contributed by atoms with Crippen LogP contribution in [-0.4, -0.2) is 44.4 Å². The zero-order valence-electron chi connectivity index (χ0n) is 12.9. The number of anilines is 1. The highest BCUT2D eigenvalue weighted by atomic mass is 35.5. The number of nitrogens with zero attached hydrogens (tertiary/aromatic N) is 1. The van der Waals surface area contributed by atoms with Crippen molar-refractivity contribution in [3.63, 3.8) is 0 Å². The van der Waals surface area contributed by atoms with Crippen LogP contribution in [0.1, 0.15) is 18.9 Å². The minimum atomic E-state index is 0.727. The lowest BCUT2D eigenvalue weighted by molar-refractivity contribution is 0.199. The van der Waals surface area contributed by atoms with Crippen molar-refractivity contribution >= 4 is 29.1 Å². The number of rotatable bonds is 7. The number of hydrogen-bond donors (Lipinski definition) is 1. The van der Waals surface area contributed by atoms with Gasteiger partial charge in [-0.3, -0.25) is 0 Å². The van der Waals surface area contributed by atoms with Crippen molar-refractivity contribution < 1.29 is 4.74 Å². The molecule has 1 aromatic rings. The highest BCUT2D eigenvalue weighted by Gasteiger charge is 2.20. The molecule has 3 nitrogen and oxygen atoms in total. The molecule has 0 aliphatic carbocycles. The van der Waals surface area contributed by atoms with Gasteiger partial charge in [-0.1, -0.05) is 24.6 Å². The van der Waals surface area contributed by atoms with Crippen LogP contribution in [0.5, 0.6) is 0 Å². The van der Waals surface area contributed by atoms with Crippen molar-refractivity contribution in [3.8, 4) is 0 Å². The highest BCUT2D eigenvalue weighted by Crippen LogP contribution is 2.31. The molecule has 1 aliphatic heterocycles. The van der Waals surface area contributed by atoms with Gasteiger partial charge >= 0.3 is 0 Å². The molecule has 1 aliphatic rings. The molecule has 0 radical (unpaired) electrons. The Hall–Kier alpha value is -0.420. The Kier molecular flexibility index (Phi) is 7.17. The number of nitrogens with one attached hydrogen (secondary N) is 1. The van der Waals surface area contributed by atoms with Crippen molar-refractivity contribution in [1.82, 2.24) is 5.32 Å². The molecule has 0 bridgehead atoms. The van der Waals surface area contributed by atoms with E-state index in [0.717, 1.165) is 43.1 Å². The average Bonchev–Trinajstić information content (AvgIpc) is 2.52. The number of thioether (sulfide) groups is 1. The first-order chi connectivity index (χ1) is 10.2. The lowest BCUT2D eigenvalue weighted by atomic mass is 10.1. The van der Waals surface area contributed by atoms with Gasteiger partial charge in [0.05, 0.1) is 17.3 Å². The second kappa shape index (κ2) is 8.89. The molecule has 21 heavy (non-hydrogen) atoms. The van der Waals surface area contributed by atoms with Crippen molar-refractivity contribution in [3.05, 3.63) is 28.8 Å². The van der Waals surface area contributed by atoms with E-state index >= 15 is 0 Å². The van der Waals surface area contributed by atoms with E-state index in [9.17, 15) is 0 Å². The van der Waals surface area contributed by atoms with E-state index < -0.39 is 0 Å². The maximum atomic E-state index is 6.49. The number of methoxy groups -OCH3 is 1. The normalized spacial score (nSPS) is 19.0. The number of ether oxygens (including phenoxy) is 1. The Morgan fingerprint density at radius 3 is 3.05 bits per heavy atom. The van der Waals surface area contributed by atoms with Gasteiger partial charge in [-0.25, -0.2) is 0 Å². The van der Waals surface area contributed by atoms with Crippen LogP contribution in [-0.2, 0) is 11.3 Å². The molecule has 0 spiro atoms. The first-order valence-electron chi connectivity index (χ1n) is 7.59. The topological polar surface area (TPSA) is 24.5 Å². The summed E-state index contributed by atoms with van der Waals surface area (Å²) in [5.41, 5.74) is 2.40. The molecule has 1 saturated heterocycles. The summed E-state index contributed by atoms with van der Waals surface area (Å²) in [6.45, 7) is 6.88. The molecule has 118 valence electrons. The van der Waals surface area contributed by atoms with E-state index in [0.29, 0.717) is 0 Å². The van der Waals surface area contributed by atoms with Crippen LogP contribution >= 0.6 is 23.4 Å². The summed E-state index contributed by atoms with van der Waals surface area (Å²) in [5, 5.41) is 4.94. The Morgan fingerprint density at radius 1 is 1.48 bits per heavy atom. The van der Waals surface area contributed by atoms with Gasteiger partial charge in [-0.15, -0.1) is 0 Å². The van der Waals surface area contributed by atoms with Crippen LogP contribution in [0.25, 0.3) is 0 Å². The second-order valence-corrected chi connectivity index (χ2v) is 7.12. The van der Waals surface area contributed by atoms with E-state index in [1.54, 1.807) is 7.11 Å². The molecule has 0 amide bonds. The van der Waals surface area contributed by atoms with Gasteiger partial charge in [0.25, 0.3) is 0 Å². The summed E-state index contributed by atoms with van der Waals surface area (Å²) in [7, 11) is 1.72. The van der Waals surface area contributed by atoms with Gasteiger partial charge in [0.15, 0.2) is 0 Å². The highest BCUT2D eigenvalue weighted by molar-refractivity contribution is 8.00. The third-order valence-corrected chi connectivity index (χ3v) is 5.43. The molecule has 1 heterocycles. The minimum Gasteiger partial charge on any atom is -0.383 e. The molecule has 0 saturated carbocycles. The Labute approximate surface area is 137 Å². The van der Waals surface area contributed by atoms with Gasteiger partial charge in [-0.05, 0) is 24.1 Å². The summed E-state index contributed by atoms with van der Waals surface area (Å²) in [6, 6.07) is 6.42. The fourth-order valence-electron chi connectivity index (χ4n) is 2.51. The molecule has 1 N–H and O–H groups in total. The van der Waals surface area contributed by atoms with Gasteiger partial charge < -0.3 is 15.0 Å². The molecule has 1 unspecified atom stereocenters. The first-order valence-corrected chi connectivity index (χ1v) is 9.02. The van der Waals surface area contributed by atoms with Crippen molar-refractivity contribution in [2.75, 3.05) is 44.0 Å². The predicted octanol–water partition coefficient (Wildman–Crippen LogP) is 3.41. The van der Waals surface area contributed by atoms with Gasteiger partial charge in [0.2, 0.25) is 0 Å². The molecule has 1 atom stereocenters. The van der Waals surface area contributed by atoms with Crippen LogP contribution in [0.15, 0.2) is 18.2 Å². The average molecular weight is 329 g/mol. The maximum Gasteiger partial charge on any atom is 0.0642 e. The first kappa shape index (κ1) is 16.9. The summed E-state index contributed by atoms with van der Waals surface area (Å²) < 4.78 is 5.03. The van der Waals surface area contributed by atoms with Gasteiger partial charge in [0.1, 0.15) is 0 Å².